The Kier molecular flexibility index (Phi) is 4.83. The molecule has 0 aromatic heterocycles. The lowest BCUT2D eigenvalue weighted by atomic mass is 9.87. The third-order valence-corrected chi connectivity index (χ3v) is 6.59. The smallest absolute Gasteiger partial charge is 0.243 e. The van der Waals surface area contributed by atoms with Crippen molar-refractivity contribution in [1.82, 2.24) is 4.31 Å². The Bertz CT molecular complexity index is 820. The molecule has 0 atom stereocenters. The van der Waals surface area contributed by atoms with Crippen molar-refractivity contribution in [1.29, 1.82) is 0 Å². The van der Waals surface area contributed by atoms with Crippen molar-refractivity contribution >= 4 is 16.3 Å². The number of hydrogen-bond donors (Lipinski definition) is 0. The van der Waals surface area contributed by atoms with E-state index < -0.39 is 10.0 Å². The molecule has 0 saturated carbocycles. The zero-order chi connectivity index (χ0) is 17.2. The molecule has 0 aliphatic carbocycles. The van der Waals surface area contributed by atoms with E-state index in [2.05, 4.69) is 0 Å². The average Bonchev–Trinajstić information content (AvgIpc) is 2.62. The molecule has 0 N–H and O–H groups in total. The van der Waals surface area contributed by atoms with E-state index in [0.717, 1.165) is 30.3 Å². The maximum absolute atomic E-state index is 12.7. The van der Waals surface area contributed by atoms with Gasteiger partial charge in [0.25, 0.3) is 0 Å². The van der Waals surface area contributed by atoms with Crippen LogP contribution in [0.5, 0.6) is 0 Å². The van der Waals surface area contributed by atoms with Crippen LogP contribution in [0.1, 0.15) is 40.2 Å². The number of sulfonamides is 1. The molecule has 24 heavy (non-hydrogen) atoms. The van der Waals surface area contributed by atoms with E-state index in [1.807, 2.05) is 43.3 Å². The highest BCUT2D eigenvalue weighted by Crippen LogP contribution is 2.32. The van der Waals surface area contributed by atoms with Gasteiger partial charge in [-0.2, -0.15) is 4.31 Å². The summed E-state index contributed by atoms with van der Waals surface area (Å²) in [4.78, 5) is 11.5. The van der Waals surface area contributed by atoms with Crippen LogP contribution in [0.2, 0.25) is 0 Å². The first-order valence-electron chi connectivity index (χ1n) is 8.13. The molecule has 5 heteroatoms. The van der Waals surface area contributed by atoms with Gasteiger partial charge in [-0.1, -0.05) is 42.0 Å². The van der Waals surface area contributed by atoms with Gasteiger partial charge in [0, 0.05) is 18.7 Å². The number of benzene rings is 2. The Hall–Kier alpha value is -1.98. The van der Waals surface area contributed by atoms with Crippen molar-refractivity contribution in [3.8, 4) is 0 Å². The number of carbonyl (C=O) groups is 1. The largest absolute Gasteiger partial charge is 0.298 e. The van der Waals surface area contributed by atoms with E-state index in [-0.39, 0.29) is 5.92 Å². The molecular weight excluding hydrogens is 322 g/mol. The molecule has 1 heterocycles. The van der Waals surface area contributed by atoms with Gasteiger partial charge >= 0.3 is 0 Å². The van der Waals surface area contributed by atoms with E-state index in [1.165, 1.54) is 0 Å². The molecule has 0 amide bonds. The molecule has 0 spiro atoms. The summed E-state index contributed by atoms with van der Waals surface area (Å²) in [5, 5.41) is 0. The Morgan fingerprint density at radius 2 is 1.62 bits per heavy atom. The van der Waals surface area contributed by atoms with Crippen LogP contribution in [-0.2, 0) is 10.0 Å². The lowest BCUT2D eigenvalue weighted by Gasteiger charge is -2.32. The van der Waals surface area contributed by atoms with Gasteiger partial charge in [0.1, 0.15) is 6.29 Å². The maximum Gasteiger partial charge on any atom is 0.243 e. The number of rotatable bonds is 4. The van der Waals surface area contributed by atoms with Gasteiger partial charge < -0.3 is 0 Å². The van der Waals surface area contributed by atoms with Crippen molar-refractivity contribution in [2.75, 3.05) is 13.1 Å². The number of carbonyl (C=O) groups excluding carboxylic acids is 1. The first kappa shape index (κ1) is 16.9. The van der Waals surface area contributed by atoms with Crippen molar-refractivity contribution < 1.29 is 13.2 Å². The molecule has 3 rings (SSSR count). The molecule has 2 aromatic carbocycles. The highest BCUT2D eigenvalue weighted by Gasteiger charge is 2.30. The van der Waals surface area contributed by atoms with Gasteiger partial charge in [-0.25, -0.2) is 8.42 Å². The van der Waals surface area contributed by atoms with Crippen LogP contribution in [0.3, 0.4) is 0 Å². The first-order chi connectivity index (χ1) is 11.5. The molecule has 1 aliphatic rings. The second kappa shape index (κ2) is 6.87. The fourth-order valence-corrected chi connectivity index (χ4v) is 4.73. The first-order valence-corrected chi connectivity index (χ1v) is 9.57. The quantitative estimate of drug-likeness (QED) is 0.800. The molecular formula is C19H21NO3S. The number of hydrogen-bond acceptors (Lipinski definition) is 3. The summed E-state index contributed by atoms with van der Waals surface area (Å²) in [6.07, 6.45) is 2.34. The predicted octanol–water partition coefficient (Wildman–Crippen LogP) is 3.38. The van der Waals surface area contributed by atoms with Gasteiger partial charge in [-0.05, 0) is 43.4 Å². The number of aryl methyl sites for hydroxylation is 1. The van der Waals surface area contributed by atoms with Crippen molar-refractivity contribution in [2.24, 2.45) is 0 Å². The summed E-state index contributed by atoms with van der Waals surface area (Å²) in [6, 6.07) is 14.5. The van der Waals surface area contributed by atoms with E-state index in [9.17, 15) is 13.2 Å². The Morgan fingerprint density at radius 3 is 2.25 bits per heavy atom. The minimum Gasteiger partial charge on any atom is -0.298 e. The summed E-state index contributed by atoms with van der Waals surface area (Å²) in [5.74, 6) is 0.232. The van der Waals surface area contributed by atoms with Gasteiger partial charge in [0.15, 0.2) is 0 Å². The van der Waals surface area contributed by atoms with Crippen LogP contribution in [0, 0.1) is 6.92 Å². The number of piperidine rings is 1. The minimum absolute atomic E-state index is 0.232. The maximum atomic E-state index is 12.7. The van der Waals surface area contributed by atoms with Crippen molar-refractivity contribution in [3.63, 3.8) is 0 Å². The lowest BCUT2D eigenvalue weighted by molar-refractivity contribution is 0.112. The molecule has 0 unspecified atom stereocenters. The fraction of sp³-hybridized carbons (Fsp3) is 0.316. The van der Waals surface area contributed by atoms with Crippen LogP contribution in [0.25, 0.3) is 0 Å². The predicted molar refractivity (Wildman–Crippen MR) is 93.7 cm³/mol. The van der Waals surface area contributed by atoms with Gasteiger partial charge in [-0.3, -0.25) is 4.79 Å². The summed E-state index contributed by atoms with van der Waals surface area (Å²) in [6.45, 7) is 2.90. The molecule has 2 aromatic rings. The second-order valence-electron chi connectivity index (χ2n) is 6.24. The zero-order valence-electron chi connectivity index (χ0n) is 13.7. The lowest BCUT2D eigenvalue weighted by Crippen LogP contribution is -2.38. The Labute approximate surface area is 143 Å². The molecule has 126 valence electrons. The normalized spacial score (nSPS) is 16.9. The van der Waals surface area contributed by atoms with E-state index in [4.69, 9.17) is 0 Å². The molecule has 1 saturated heterocycles. The average molecular weight is 343 g/mol. The van der Waals surface area contributed by atoms with Crippen LogP contribution in [0.4, 0.5) is 0 Å². The molecule has 1 aliphatic heterocycles. The van der Waals surface area contributed by atoms with Crippen molar-refractivity contribution in [3.05, 3.63) is 65.2 Å². The summed E-state index contributed by atoms with van der Waals surface area (Å²) in [5.41, 5.74) is 2.77. The van der Waals surface area contributed by atoms with Crippen LogP contribution < -0.4 is 0 Å². The molecule has 0 bridgehead atoms. The van der Waals surface area contributed by atoms with Crippen LogP contribution in [0.15, 0.2) is 53.4 Å². The monoisotopic (exact) mass is 343 g/mol. The van der Waals surface area contributed by atoms with Crippen LogP contribution >= 0.6 is 0 Å². The SMILES string of the molecule is Cc1ccc(S(=O)(=O)N2CCC(c3ccccc3C=O)CC2)cc1. The van der Waals surface area contributed by atoms with Gasteiger partial charge in [0.2, 0.25) is 10.0 Å². The zero-order valence-corrected chi connectivity index (χ0v) is 14.5. The van der Waals surface area contributed by atoms with Gasteiger partial charge in [-0.15, -0.1) is 0 Å². The van der Waals surface area contributed by atoms with E-state index in [0.29, 0.717) is 23.5 Å². The minimum atomic E-state index is -3.44. The molecule has 0 radical (unpaired) electrons. The summed E-state index contributed by atoms with van der Waals surface area (Å²) in [7, 11) is -3.44. The number of aldehydes is 1. The fourth-order valence-electron chi connectivity index (χ4n) is 3.26. The van der Waals surface area contributed by atoms with Crippen molar-refractivity contribution in [2.45, 2.75) is 30.6 Å². The Morgan fingerprint density at radius 1 is 1.00 bits per heavy atom. The highest BCUT2D eigenvalue weighted by molar-refractivity contribution is 7.89. The third-order valence-electron chi connectivity index (χ3n) is 4.68. The summed E-state index contributed by atoms with van der Waals surface area (Å²) >= 11 is 0. The topological polar surface area (TPSA) is 54.5 Å². The van der Waals surface area contributed by atoms with E-state index >= 15 is 0 Å². The third kappa shape index (κ3) is 3.28. The van der Waals surface area contributed by atoms with Gasteiger partial charge in [0.05, 0.1) is 4.90 Å². The van der Waals surface area contributed by atoms with Crippen LogP contribution in [-0.4, -0.2) is 32.1 Å². The highest BCUT2D eigenvalue weighted by atomic mass is 32.2. The molecule has 1 fully saturated rings. The number of nitrogens with zero attached hydrogens (tertiary/aromatic N) is 1. The Balaban J connectivity index is 1.75. The standard InChI is InChI=1S/C19H21NO3S/c1-15-6-8-18(9-7-15)24(22,23)20-12-10-16(11-13-20)19-5-3-2-4-17(19)14-21/h2-9,14,16H,10-13H2,1H3. The molecule has 4 nitrogen and oxygen atoms in total. The second-order valence-corrected chi connectivity index (χ2v) is 8.18. The summed E-state index contributed by atoms with van der Waals surface area (Å²) < 4.78 is 27.0. The van der Waals surface area contributed by atoms with E-state index in [1.54, 1.807) is 16.4 Å².